The molecule has 3 heterocycles. The molecule has 0 aromatic carbocycles. The molecule has 1 saturated carbocycles. The number of aliphatic carboxylic acids is 1. The highest BCUT2D eigenvalue weighted by Crippen LogP contribution is 2.60. The molecule has 0 aromatic heterocycles. The molecule has 22 heavy (non-hydrogen) atoms. The van der Waals surface area contributed by atoms with Crippen molar-refractivity contribution in [2.75, 3.05) is 7.05 Å². The van der Waals surface area contributed by atoms with Crippen molar-refractivity contribution in [3.05, 3.63) is 35.5 Å². The predicted octanol–water partition coefficient (Wildman–Crippen LogP) is 2.69. The quantitative estimate of drug-likeness (QED) is 0.821. The summed E-state index contributed by atoms with van der Waals surface area (Å²) in [6.07, 6.45) is 13.2. The highest BCUT2D eigenvalue weighted by Gasteiger charge is 2.61. The van der Waals surface area contributed by atoms with Crippen LogP contribution in [-0.4, -0.2) is 28.7 Å². The van der Waals surface area contributed by atoms with Gasteiger partial charge in [0.25, 0.3) is 5.72 Å². The van der Waals surface area contributed by atoms with Gasteiger partial charge in [0.2, 0.25) is 0 Å². The molecule has 2 atom stereocenters. The Morgan fingerprint density at radius 1 is 1.41 bits per heavy atom. The van der Waals surface area contributed by atoms with E-state index < -0.39 is 11.7 Å². The Hall–Kier alpha value is -1.75. The number of nitrogens with one attached hydrogen (secondary N) is 1. The lowest BCUT2D eigenvalue weighted by atomic mass is 9.65. The Kier molecular flexibility index (Phi) is 2.92. The van der Waals surface area contributed by atoms with E-state index in [9.17, 15) is 9.90 Å². The van der Waals surface area contributed by atoms with Gasteiger partial charge in [0.1, 0.15) is 5.76 Å². The number of fused-ring (bicyclic) bond motifs is 1. The predicted molar refractivity (Wildman–Crippen MR) is 81.4 cm³/mol. The zero-order valence-electron chi connectivity index (χ0n) is 12.9. The van der Waals surface area contributed by atoms with E-state index >= 15 is 0 Å². The van der Waals surface area contributed by atoms with Crippen molar-refractivity contribution < 1.29 is 14.6 Å². The maximum Gasteiger partial charge on any atom is 0.363 e. The zero-order chi connectivity index (χ0) is 15.4. The number of likely N-dealkylation sites (N-methyl/N-ethyl adjacent to an activating group) is 1. The van der Waals surface area contributed by atoms with Crippen molar-refractivity contribution in [2.24, 2.45) is 5.41 Å². The van der Waals surface area contributed by atoms with E-state index in [1.54, 1.807) is 7.05 Å². The molecular weight excluding hydrogens is 280 g/mol. The topological polar surface area (TPSA) is 61.8 Å². The molecule has 2 N–H and O–H groups in total. The highest BCUT2D eigenvalue weighted by atomic mass is 16.6. The van der Waals surface area contributed by atoms with Crippen molar-refractivity contribution in [1.82, 2.24) is 10.2 Å². The fourth-order valence-electron chi connectivity index (χ4n) is 4.45. The smallest absolute Gasteiger partial charge is 0.363 e. The molecule has 118 valence electrons. The molecule has 0 bridgehead atoms. The average molecular weight is 302 g/mol. The number of ether oxygens (including phenoxy) is 1. The summed E-state index contributed by atoms with van der Waals surface area (Å²) in [4.78, 5) is 14.0. The van der Waals surface area contributed by atoms with E-state index in [2.05, 4.69) is 28.7 Å². The highest BCUT2D eigenvalue weighted by molar-refractivity contribution is 5.78. The van der Waals surface area contributed by atoms with Gasteiger partial charge in [-0.1, -0.05) is 12.5 Å². The summed E-state index contributed by atoms with van der Waals surface area (Å²) in [5, 5.41) is 12.7. The Bertz CT molecular complexity index is 621. The molecule has 0 radical (unpaired) electrons. The maximum absolute atomic E-state index is 11.9. The van der Waals surface area contributed by atoms with Crippen LogP contribution in [0.2, 0.25) is 0 Å². The third kappa shape index (κ3) is 1.66. The summed E-state index contributed by atoms with van der Waals surface area (Å²) in [6.45, 7) is 0. The summed E-state index contributed by atoms with van der Waals surface area (Å²) in [5.74, 6) is -0.0134. The Labute approximate surface area is 130 Å². The van der Waals surface area contributed by atoms with Gasteiger partial charge in [0, 0.05) is 18.8 Å². The molecule has 2 unspecified atom stereocenters. The number of rotatable bonds is 2. The lowest BCUT2D eigenvalue weighted by Crippen LogP contribution is -2.50. The van der Waals surface area contributed by atoms with Gasteiger partial charge in [-0.3, -0.25) is 5.32 Å². The van der Waals surface area contributed by atoms with Crippen LogP contribution in [0.1, 0.15) is 44.9 Å². The number of carboxylic acids is 1. The van der Waals surface area contributed by atoms with Crippen molar-refractivity contribution >= 4 is 5.97 Å². The molecule has 5 nitrogen and oxygen atoms in total. The van der Waals surface area contributed by atoms with Crippen molar-refractivity contribution in [3.8, 4) is 0 Å². The number of nitrogens with zero attached hydrogens (tertiary/aromatic N) is 1. The lowest BCUT2D eigenvalue weighted by molar-refractivity contribution is -0.160. The molecule has 1 saturated heterocycles. The Morgan fingerprint density at radius 2 is 2.27 bits per heavy atom. The van der Waals surface area contributed by atoms with Gasteiger partial charge in [0.15, 0.2) is 0 Å². The van der Waals surface area contributed by atoms with Crippen LogP contribution in [-0.2, 0) is 9.53 Å². The van der Waals surface area contributed by atoms with E-state index in [0.717, 1.165) is 43.6 Å². The third-order valence-electron chi connectivity index (χ3n) is 5.61. The first-order valence-corrected chi connectivity index (χ1v) is 8.12. The van der Waals surface area contributed by atoms with Crippen LogP contribution in [0.5, 0.6) is 0 Å². The molecule has 1 aliphatic carbocycles. The Balaban J connectivity index is 1.88. The van der Waals surface area contributed by atoms with Crippen molar-refractivity contribution in [1.29, 1.82) is 0 Å². The van der Waals surface area contributed by atoms with E-state index in [1.807, 2.05) is 0 Å². The molecule has 0 aromatic rings. The van der Waals surface area contributed by atoms with Gasteiger partial charge in [-0.15, -0.1) is 0 Å². The molecule has 4 rings (SSSR count). The van der Waals surface area contributed by atoms with Crippen LogP contribution < -0.4 is 5.32 Å². The Morgan fingerprint density at radius 3 is 3.05 bits per heavy atom. The minimum Gasteiger partial charge on any atom is -0.477 e. The minimum absolute atomic E-state index is 0.212. The van der Waals surface area contributed by atoms with Crippen LogP contribution in [0.15, 0.2) is 35.5 Å². The normalized spacial score (nSPS) is 36.2. The molecular formula is C17H22N2O3. The van der Waals surface area contributed by atoms with Gasteiger partial charge in [0.05, 0.1) is 11.1 Å². The van der Waals surface area contributed by atoms with E-state index in [1.165, 1.54) is 12.0 Å². The fourth-order valence-corrected chi connectivity index (χ4v) is 4.45. The molecule has 0 amide bonds. The largest absolute Gasteiger partial charge is 0.477 e. The van der Waals surface area contributed by atoms with Crippen LogP contribution >= 0.6 is 0 Å². The monoisotopic (exact) mass is 302 g/mol. The molecule has 3 aliphatic heterocycles. The SMILES string of the molecule is CNC1(C(=O)O)CC23CCCCC2=CN2C=CCCC2=C3O1. The number of hydrogen-bond donors (Lipinski definition) is 2. The van der Waals surface area contributed by atoms with Crippen LogP contribution in [0.3, 0.4) is 0 Å². The van der Waals surface area contributed by atoms with Gasteiger partial charge in [-0.25, -0.2) is 4.79 Å². The van der Waals surface area contributed by atoms with Crippen molar-refractivity contribution in [3.63, 3.8) is 0 Å². The van der Waals surface area contributed by atoms with Gasteiger partial charge in [-0.05, 0) is 44.7 Å². The summed E-state index contributed by atoms with van der Waals surface area (Å²) in [5.41, 5.74) is 0.973. The van der Waals surface area contributed by atoms with E-state index in [4.69, 9.17) is 4.74 Å². The molecule has 1 spiro atoms. The molecule has 2 fully saturated rings. The minimum atomic E-state index is -1.30. The van der Waals surface area contributed by atoms with E-state index in [0.29, 0.717) is 6.42 Å². The van der Waals surface area contributed by atoms with Gasteiger partial charge >= 0.3 is 5.97 Å². The van der Waals surface area contributed by atoms with Gasteiger partial charge < -0.3 is 14.7 Å². The number of carboxylic acid groups (broad SMARTS) is 1. The van der Waals surface area contributed by atoms with Crippen LogP contribution in [0.25, 0.3) is 0 Å². The number of allylic oxidation sites excluding steroid dienone is 3. The third-order valence-corrected chi connectivity index (χ3v) is 5.61. The average Bonchev–Trinajstić information content (AvgIpc) is 2.89. The summed E-state index contributed by atoms with van der Waals surface area (Å²) < 4.78 is 6.15. The number of hydrogen-bond acceptors (Lipinski definition) is 4. The first kappa shape index (κ1) is 13.9. The van der Waals surface area contributed by atoms with Crippen LogP contribution in [0, 0.1) is 5.41 Å². The maximum atomic E-state index is 11.9. The second-order valence-electron chi connectivity index (χ2n) is 6.71. The number of carbonyl (C=O) groups is 1. The zero-order valence-corrected chi connectivity index (χ0v) is 12.9. The summed E-state index contributed by atoms with van der Waals surface area (Å²) >= 11 is 0. The standard InChI is InChI=1S/C17H22N2O3/c1-18-17(15(20)21)11-16-8-4-2-6-12(16)10-19-9-5-3-7-13(19)14(16)22-17/h5,9-10,18H,2-4,6-8,11H2,1H3,(H,20,21). The summed E-state index contributed by atoms with van der Waals surface area (Å²) in [6, 6.07) is 0. The fraction of sp³-hybridized carbons (Fsp3) is 0.588. The first-order chi connectivity index (χ1) is 10.6. The second-order valence-corrected chi connectivity index (χ2v) is 6.71. The lowest BCUT2D eigenvalue weighted by Gasteiger charge is -2.42. The molecule has 4 aliphatic rings. The van der Waals surface area contributed by atoms with Crippen LogP contribution in [0.4, 0.5) is 0 Å². The summed E-state index contributed by atoms with van der Waals surface area (Å²) in [7, 11) is 1.68. The van der Waals surface area contributed by atoms with E-state index in [-0.39, 0.29) is 5.41 Å². The first-order valence-electron chi connectivity index (χ1n) is 8.12. The molecule has 5 heteroatoms. The van der Waals surface area contributed by atoms with Gasteiger partial charge in [-0.2, -0.15) is 0 Å². The second kappa shape index (κ2) is 4.62. The van der Waals surface area contributed by atoms with Crippen molar-refractivity contribution in [2.45, 2.75) is 50.7 Å².